The van der Waals surface area contributed by atoms with Crippen molar-refractivity contribution in [3.05, 3.63) is 0 Å². The fourth-order valence-electron chi connectivity index (χ4n) is 4.02. The molecule has 0 atom stereocenters. The molecule has 0 radical (unpaired) electrons. The van der Waals surface area contributed by atoms with Gasteiger partial charge in [0.05, 0.1) is 33.0 Å². The smallest absolute Gasteiger partial charge is 0.191 e. The largest absolute Gasteiger partial charge is 0.382 e. The molecule has 1 saturated carbocycles. The Morgan fingerprint density at radius 1 is 1.07 bits per heavy atom. The van der Waals surface area contributed by atoms with Crippen LogP contribution in [0.5, 0.6) is 0 Å². The summed E-state index contributed by atoms with van der Waals surface area (Å²) >= 11 is 0. The molecule has 1 aliphatic heterocycles. The van der Waals surface area contributed by atoms with Gasteiger partial charge >= 0.3 is 0 Å². The van der Waals surface area contributed by atoms with Crippen molar-refractivity contribution in [2.24, 2.45) is 4.99 Å². The second-order valence-electron chi connectivity index (χ2n) is 7.47. The third-order valence-corrected chi connectivity index (χ3v) is 5.53. The number of ether oxygens (including phenoxy) is 3. The first kappa shape index (κ1) is 22.4. The number of aliphatic imine (C=N–C) groups is 1. The summed E-state index contributed by atoms with van der Waals surface area (Å²) in [5, 5.41) is 6.84. The average Bonchev–Trinajstić information content (AvgIpc) is 2.72. The fourth-order valence-corrected chi connectivity index (χ4v) is 4.02. The molecule has 0 bridgehead atoms. The van der Waals surface area contributed by atoms with E-state index in [1.54, 1.807) is 7.11 Å². The third kappa shape index (κ3) is 7.94. The minimum absolute atomic E-state index is 0.216. The van der Waals surface area contributed by atoms with Gasteiger partial charge in [0.2, 0.25) is 0 Å². The summed E-state index contributed by atoms with van der Waals surface area (Å²) < 4.78 is 16.1. The average molecular weight is 385 g/mol. The molecule has 0 aromatic carbocycles. The topological polar surface area (TPSA) is 67.4 Å². The van der Waals surface area contributed by atoms with Gasteiger partial charge < -0.3 is 24.8 Å². The molecule has 0 spiro atoms. The standard InChI is InChI=1S/C20H40N4O3/c1-3-21-19(22-10-7-13-26-17-16-25-2)23-18-20(8-5-4-6-9-20)24-11-14-27-15-12-24/h3-18H2,1-2H3,(H2,21,22,23). The van der Waals surface area contributed by atoms with Crippen LogP contribution in [0.4, 0.5) is 0 Å². The van der Waals surface area contributed by atoms with Crippen LogP contribution in [0.2, 0.25) is 0 Å². The molecule has 27 heavy (non-hydrogen) atoms. The van der Waals surface area contributed by atoms with Gasteiger partial charge in [-0.3, -0.25) is 9.89 Å². The summed E-state index contributed by atoms with van der Waals surface area (Å²) in [6.07, 6.45) is 7.46. The summed E-state index contributed by atoms with van der Waals surface area (Å²) in [5.41, 5.74) is 0.216. The van der Waals surface area contributed by atoms with Crippen molar-refractivity contribution in [2.75, 3.05) is 72.9 Å². The monoisotopic (exact) mass is 384 g/mol. The summed E-state index contributed by atoms with van der Waals surface area (Å²) in [6.45, 7) is 10.6. The minimum Gasteiger partial charge on any atom is -0.382 e. The molecule has 7 nitrogen and oxygen atoms in total. The van der Waals surface area contributed by atoms with Crippen molar-refractivity contribution in [2.45, 2.75) is 51.0 Å². The molecule has 0 amide bonds. The van der Waals surface area contributed by atoms with Crippen LogP contribution < -0.4 is 10.6 Å². The second-order valence-corrected chi connectivity index (χ2v) is 7.47. The summed E-state index contributed by atoms with van der Waals surface area (Å²) in [5.74, 6) is 0.924. The van der Waals surface area contributed by atoms with E-state index in [0.29, 0.717) is 13.2 Å². The maximum absolute atomic E-state index is 5.58. The van der Waals surface area contributed by atoms with Crippen molar-refractivity contribution in [1.29, 1.82) is 0 Å². The van der Waals surface area contributed by atoms with Crippen LogP contribution in [0.3, 0.4) is 0 Å². The Bertz CT molecular complexity index is 408. The van der Waals surface area contributed by atoms with Gasteiger partial charge in [0.1, 0.15) is 0 Å². The quantitative estimate of drug-likeness (QED) is 0.321. The Balaban J connectivity index is 1.84. The molecule has 2 N–H and O–H groups in total. The molecule has 2 fully saturated rings. The Kier molecular flexibility index (Phi) is 11.0. The van der Waals surface area contributed by atoms with Gasteiger partial charge in [-0.2, -0.15) is 0 Å². The molecule has 1 heterocycles. The van der Waals surface area contributed by atoms with E-state index >= 15 is 0 Å². The molecule has 7 heteroatoms. The van der Waals surface area contributed by atoms with Crippen LogP contribution in [-0.4, -0.2) is 89.3 Å². The van der Waals surface area contributed by atoms with Gasteiger partial charge in [-0.15, -0.1) is 0 Å². The Labute approximate surface area is 165 Å². The van der Waals surface area contributed by atoms with E-state index in [1.165, 1.54) is 32.1 Å². The van der Waals surface area contributed by atoms with Crippen molar-refractivity contribution in [3.8, 4) is 0 Å². The van der Waals surface area contributed by atoms with E-state index in [0.717, 1.165) is 64.9 Å². The number of rotatable bonds is 11. The predicted molar refractivity (Wildman–Crippen MR) is 110 cm³/mol. The van der Waals surface area contributed by atoms with Gasteiger partial charge in [-0.25, -0.2) is 0 Å². The lowest BCUT2D eigenvalue weighted by molar-refractivity contribution is -0.0333. The number of nitrogens with zero attached hydrogens (tertiary/aromatic N) is 2. The first-order valence-electron chi connectivity index (χ1n) is 10.7. The normalized spacial score (nSPS) is 21.2. The lowest BCUT2D eigenvalue weighted by Crippen LogP contribution is -2.56. The lowest BCUT2D eigenvalue weighted by Gasteiger charge is -2.47. The molecular weight excluding hydrogens is 344 g/mol. The zero-order valence-electron chi connectivity index (χ0n) is 17.4. The molecule has 1 aliphatic carbocycles. The van der Waals surface area contributed by atoms with Crippen LogP contribution in [0.15, 0.2) is 4.99 Å². The van der Waals surface area contributed by atoms with Crippen LogP contribution in [0.25, 0.3) is 0 Å². The van der Waals surface area contributed by atoms with E-state index in [2.05, 4.69) is 22.5 Å². The maximum atomic E-state index is 5.58. The van der Waals surface area contributed by atoms with Crippen LogP contribution in [-0.2, 0) is 14.2 Å². The molecule has 0 aromatic heterocycles. The predicted octanol–water partition coefficient (Wildman–Crippen LogP) is 1.63. The Hall–Kier alpha value is -0.890. The van der Waals surface area contributed by atoms with Gasteiger partial charge in [0.15, 0.2) is 5.96 Å². The van der Waals surface area contributed by atoms with E-state index in [1.807, 2.05) is 0 Å². The van der Waals surface area contributed by atoms with Crippen LogP contribution in [0, 0.1) is 0 Å². The second kappa shape index (κ2) is 13.3. The van der Waals surface area contributed by atoms with Crippen molar-refractivity contribution >= 4 is 5.96 Å². The zero-order chi connectivity index (χ0) is 19.2. The molecule has 0 unspecified atom stereocenters. The zero-order valence-corrected chi connectivity index (χ0v) is 17.4. The summed E-state index contributed by atoms with van der Waals surface area (Å²) in [7, 11) is 1.69. The minimum atomic E-state index is 0.216. The number of hydrogen-bond donors (Lipinski definition) is 2. The van der Waals surface area contributed by atoms with E-state index in [-0.39, 0.29) is 5.54 Å². The lowest BCUT2D eigenvalue weighted by atomic mass is 9.80. The molecule has 1 saturated heterocycles. The highest BCUT2D eigenvalue weighted by Gasteiger charge is 2.38. The number of guanidine groups is 1. The van der Waals surface area contributed by atoms with Gasteiger partial charge in [-0.1, -0.05) is 19.3 Å². The van der Waals surface area contributed by atoms with E-state index in [4.69, 9.17) is 19.2 Å². The summed E-state index contributed by atoms with van der Waals surface area (Å²) in [4.78, 5) is 7.63. The summed E-state index contributed by atoms with van der Waals surface area (Å²) in [6, 6.07) is 0. The van der Waals surface area contributed by atoms with Crippen molar-refractivity contribution in [1.82, 2.24) is 15.5 Å². The Morgan fingerprint density at radius 3 is 2.56 bits per heavy atom. The first-order chi connectivity index (χ1) is 13.3. The fraction of sp³-hybridized carbons (Fsp3) is 0.950. The van der Waals surface area contributed by atoms with Gasteiger partial charge in [0, 0.05) is 45.4 Å². The highest BCUT2D eigenvalue weighted by molar-refractivity contribution is 5.79. The van der Waals surface area contributed by atoms with Gasteiger partial charge in [-0.05, 0) is 26.2 Å². The van der Waals surface area contributed by atoms with Crippen molar-refractivity contribution < 1.29 is 14.2 Å². The number of nitrogens with one attached hydrogen (secondary N) is 2. The maximum Gasteiger partial charge on any atom is 0.191 e. The van der Waals surface area contributed by atoms with Crippen LogP contribution >= 0.6 is 0 Å². The number of morpholine rings is 1. The number of methoxy groups -OCH3 is 1. The molecule has 2 aliphatic rings. The molecule has 0 aromatic rings. The van der Waals surface area contributed by atoms with Crippen LogP contribution in [0.1, 0.15) is 45.4 Å². The molecule has 2 rings (SSSR count). The van der Waals surface area contributed by atoms with Crippen molar-refractivity contribution in [3.63, 3.8) is 0 Å². The first-order valence-corrected chi connectivity index (χ1v) is 10.7. The molecular formula is C20H40N4O3. The SMILES string of the molecule is CCNC(=NCC1(N2CCOCC2)CCCCC1)NCCCOCCOC. The highest BCUT2D eigenvalue weighted by Crippen LogP contribution is 2.34. The third-order valence-electron chi connectivity index (χ3n) is 5.53. The highest BCUT2D eigenvalue weighted by atomic mass is 16.5. The number of hydrogen-bond acceptors (Lipinski definition) is 5. The van der Waals surface area contributed by atoms with E-state index < -0.39 is 0 Å². The van der Waals surface area contributed by atoms with Gasteiger partial charge in [0.25, 0.3) is 0 Å². The van der Waals surface area contributed by atoms with E-state index in [9.17, 15) is 0 Å². The Morgan fingerprint density at radius 2 is 1.85 bits per heavy atom. The molecule has 158 valence electrons.